The summed E-state index contributed by atoms with van der Waals surface area (Å²) in [7, 11) is 1.70. The Balaban J connectivity index is 1.91. The zero-order chi connectivity index (χ0) is 14.3. The Labute approximate surface area is 119 Å². The summed E-state index contributed by atoms with van der Waals surface area (Å²) in [5, 5.41) is 6.97. The summed E-state index contributed by atoms with van der Waals surface area (Å²) in [5.41, 5.74) is 10.7. The topological polar surface area (TPSA) is 85.8 Å². The van der Waals surface area contributed by atoms with E-state index in [1.165, 1.54) is 16.0 Å². The summed E-state index contributed by atoms with van der Waals surface area (Å²) in [6.07, 6.45) is 0. The molecule has 1 amide bonds. The first-order chi connectivity index (χ1) is 9.56. The van der Waals surface area contributed by atoms with Crippen LogP contribution in [0.1, 0.15) is 16.2 Å². The van der Waals surface area contributed by atoms with Gasteiger partial charge in [-0.2, -0.15) is 5.10 Å². The number of hydrogen-bond donors (Lipinski definition) is 2. The third kappa shape index (κ3) is 2.01. The van der Waals surface area contributed by atoms with E-state index < -0.39 is 0 Å². The fraction of sp³-hybridized carbons (Fsp3) is 0.154. The number of hydrogen-bond acceptors (Lipinski definition) is 5. The van der Waals surface area contributed by atoms with Gasteiger partial charge in [0.25, 0.3) is 5.91 Å². The Morgan fingerprint density at radius 2 is 2.25 bits per heavy atom. The van der Waals surface area contributed by atoms with Gasteiger partial charge in [0.2, 0.25) is 0 Å². The van der Waals surface area contributed by atoms with Crippen molar-refractivity contribution in [1.29, 1.82) is 0 Å². The summed E-state index contributed by atoms with van der Waals surface area (Å²) in [4.78, 5) is 16.5. The standard InChI is InChI=1S/C13H13N5OS/c1-7-11(14)12(18(2)17-7)13(19)16-8-3-4-9-10(5-8)20-6-15-9/h3-6H,14H2,1-2H3,(H,16,19). The van der Waals surface area contributed by atoms with Crippen molar-refractivity contribution in [3.05, 3.63) is 35.1 Å². The van der Waals surface area contributed by atoms with Crippen LogP contribution in [0.5, 0.6) is 0 Å². The molecular formula is C13H13N5OS. The number of nitrogens with zero attached hydrogens (tertiary/aromatic N) is 3. The number of amides is 1. The van der Waals surface area contributed by atoms with Gasteiger partial charge in [-0.05, 0) is 25.1 Å². The summed E-state index contributed by atoms with van der Waals surface area (Å²) in [6.45, 7) is 1.77. The first-order valence-electron chi connectivity index (χ1n) is 6.00. The van der Waals surface area contributed by atoms with Crippen LogP contribution in [0, 0.1) is 6.92 Å². The zero-order valence-electron chi connectivity index (χ0n) is 11.0. The average Bonchev–Trinajstić information content (AvgIpc) is 2.94. The highest BCUT2D eigenvalue weighted by atomic mass is 32.1. The van der Waals surface area contributed by atoms with Crippen LogP contribution >= 0.6 is 11.3 Å². The van der Waals surface area contributed by atoms with Gasteiger partial charge in [-0.3, -0.25) is 9.48 Å². The van der Waals surface area contributed by atoms with E-state index in [0.717, 1.165) is 10.2 Å². The minimum absolute atomic E-state index is 0.269. The lowest BCUT2D eigenvalue weighted by atomic mass is 10.2. The Morgan fingerprint density at radius 1 is 1.45 bits per heavy atom. The van der Waals surface area contributed by atoms with Crippen molar-refractivity contribution in [1.82, 2.24) is 14.8 Å². The minimum Gasteiger partial charge on any atom is -0.395 e. The quantitative estimate of drug-likeness (QED) is 0.756. The van der Waals surface area contributed by atoms with E-state index in [-0.39, 0.29) is 5.91 Å². The van der Waals surface area contributed by atoms with Crippen molar-refractivity contribution in [2.24, 2.45) is 7.05 Å². The second-order valence-corrected chi connectivity index (χ2v) is 5.35. The Hall–Kier alpha value is -2.41. The van der Waals surface area contributed by atoms with Crippen molar-refractivity contribution >= 4 is 38.8 Å². The predicted molar refractivity (Wildman–Crippen MR) is 79.9 cm³/mol. The fourth-order valence-electron chi connectivity index (χ4n) is 2.07. The smallest absolute Gasteiger partial charge is 0.276 e. The first-order valence-corrected chi connectivity index (χ1v) is 6.88. The summed E-state index contributed by atoms with van der Waals surface area (Å²) >= 11 is 1.53. The van der Waals surface area contributed by atoms with Gasteiger partial charge in [0.15, 0.2) is 0 Å². The summed E-state index contributed by atoms with van der Waals surface area (Å²) in [5.74, 6) is -0.269. The molecule has 2 heterocycles. The number of carbonyl (C=O) groups excluding carboxylic acids is 1. The lowest BCUT2D eigenvalue weighted by Gasteiger charge is -2.06. The molecule has 0 bridgehead atoms. The van der Waals surface area contributed by atoms with Crippen LogP contribution in [0.2, 0.25) is 0 Å². The van der Waals surface area contributed by atoms with Gasteiger partial charge in [0.05, 0.1) is 27.1 Å². The third-order valence-electron chi connectivity index (χ3n) is 3.07. The van der Waals surface area contributed by atoms with Crippen LogP contribution in [0.4, 0.5) is 11.4 Å². The van der Waals surface area contributed by atoms with Gasteiger partial charge in [0, 0.05) is 12.7 Å². The van der Waals surface area contributed by atoms with Crippen LogP contribution in [-0.4, -0.2) is 20.7 Å². The van der Waals surface area contributed by atoms with Gasteiger partial charge in [-0.1, -0.05) is 0 Å². The molecule has 0 aliphatic carbocycles. The molecule has 0 saturated carbocycles. The molecule has 0 spiro atoms. The molecule has 102 valence electrons. The van der Waals surface area contributed by atoms with E-state index in [2.05, 4.69) is 15.4 Å². The van der Waals surface area contributed by atoms with Gasteiger partial charge in [0.1, 0.15) is 5.69 Å². The number of thiazole rings is 1. The number of nitrogens with one attached hydrogen (secondary N) is 1. The molecule has 20 heavy (non-hydrogen) atoms. The number of nitrogen functional groups attached to an aromatic ring is 1. The molecule has 0 aliphatic rings. The second-order valence-electron chi connectivity index (χ2n) is 4.46. The highest BCUT2D eigenvalue weighted by Crippen LogP contribution is 2.23. The van der Waals surface area contributed by atoms with Gasteiger partial charge < -0.3 is 11.1 Å². The molecule has 6 nitrogen and oxygen atoms in total. The van der Waals surface area contributed by atoms with Crippen molar-refractivity contribution in [3.8, 4) is 0 Å². The van der Waals surface area contributed by atoms with Crippen LogP contribution in [-0.2, 0) is 7.05 Å². The minimum atomic E-state index is -0.269. The number of aromatic nitrogens is 3. The lowest BCUT2D eigenvalue weighted by molar-refractivity contribution is 0.101. The molecule has 0 aliphatic heterocycles. The van der Waals surface area contributed by atoms with Crippen molar-refractivity contribution in [2.75, 3.05) is 11.1 Å². The predicted octanol–water partition coefficient (Wildman–Crippen LogP) is 2.17. The highest BCUT2D eigenvalue weighted by molar-refractivity contribution is 7.16. The van der Waals surface area contributed by atoms with Crippen LogP contribution in [0.25, 0.3) is 10.2 Å². The molecule has 1 aromatic carbocycles. The first kappa shape index (κ1) is 12.6. The molecule has 0 fully saturated rings. The maximum absolute atomic E-state index is 12.3. The van der Waals surface area contributed by atoms with E-state index in [0.29, 0.717) is 22.8 Å². The molecule has 3 rings (SSSR count). The molecule has 0 radical (unpaired) electrons. The monoisotopic (exact) mass is 287 g/mol. The number of aryl methyl sites for hydroxylation is 2. The molecular weight excluding hydrogens is 274 g/mol. The zero-order valence-corrected chi connectivity index (χ0v) is 11.9. The SMILES string of the molecule is Cc1nn(C)c(C(=O)Nc2ccc3ncsc3c2)c1N. The number of nitrogens with two attached hydrogens (primary N) is 1. The van der Waals surface area contributed by atoms with Crippen molar-refractivity contribution in [3.63, 3.8) is 0 Å². The van der Waals surface area contributed by atoms with E-state index in [9.17, 15) is 4.79 Å². The van der Waals surface area contributed by atoms with Crippen LogP contribution in [0.15, 0.2) is 23.7 Å². The van der Waals surface area contributed by atoms with Gasteiger partial charge >= 0.3 is 0 Å². The van der Waals surface area contributed by atoms with E-state index in [1.54, 1.807) is 19.5 Å². The molecule has 3 N–H and O–H groups in total. The second kappa shape index (κ2) is 4.61. The molecule has 2 aromatic heterocycles. The van der Waals surface area contributed by atoms with E-state index >= 15 is 0 Å². The van der Waals surface area contributed by atoms with Gasteiger partial charge in [-0.25, -0.2) is 4.98 Å². The molecule has 0 unspecified atom stereocenters. The Bertz CT molecular complexity index is 804. The fourth-order valence-corrected chi connectivity index (χ4v) is 2.78. The molecule has 0 atom stereocenters. The number of fused-ring (bicyclic) bond motifs is 1. The number of benzene rings is 1. The van der Waals surface area contributed by atoms with Crippen molar-refractivity contribution in [2.45, 2.75) is 6.92 Å². The largest absolute Gasteiger partial charge is 0.395 e. The Morgan fingerprint density at radius 3 is 2.95 bits per heavy atom. The van der Waals surface area contributed by atoms with Gasteiger partial charge in [-0.15, -0.1) is 11.3 Å². The molecule has 0 saturated heterocycles. The van der Waals surface area contributed by atoms with Crippen LogP contribution in [0.3, 0.4) is 0 Å². The molecule has 3 aromatic rings. The third-order valence-corrected chi connectivity index (χ3v) is 3.86. The summed E-state index contributed by atoms with van der Waals surface area (Å²) < 4.78 is 2.52. The number of anilines is 2. The normalized spacial score (nSPS) is 10.9. The summed E-state index contributed by atoms with van der Waals surface area (Å²) in [6, 6.07) is 5.59. The maximum Gasteiger partial charge on any atom is 0.276 e. The van der Waals surface area contributed by atoms with Crippen molar-refractivity contribution < 1.29 is 4.79 Å². The Kier molecular flexibility index (Phi) is 2.90. The number of carbonyl (C=O) groups is 1. The van der Waals surface area contributed by atoms with E-state index in [1.807, 2.05) is 18.2 Å². The maximum atomic E-state index is 12.3. The highest BCUT2D eigenvalue weighted by Gasteiger charge is 2.18. The average molecular weight is 287 g/mol. The number of rotatable bonds is 2. The van der Waals surface area contributed by atoms with Crippen LogP contribution < -0.4 is 11.1 Å². The lowest BCUT2D eigenvalue weighted by Crippen LogP contribution is -2.17. The molecule has 7 heteroatoms. The van der Waals surface area contributed by atoms with E-state index in [4.69, 9.17) is 5.73 Å².